The van der Waals surface area contributed by atoms with E-state index in [-0.39, 0.29) is 17.9 Å². The summed E-state index contributed by atoms with van der Waals surface area (Å²) in [6.07, 6.45) is 6.88. The largest absolute Gasteiger partial charge is 0.494 e. The van der Waals surface area contributed by atoms with Crippen molar-refractivity contribution in [2.24, 2.45) is 0 Å². The fraction of sp³-hybridized carbons (Fsp3) is 0.458. The van der Waals surface area contributed by atoms with Gasteiger partial charge in [0.1, 0.15) is 12.1 Å². The van der Waals surface area contributed by atoms with Crippen LogP contribution in [0, 0.1) is 13.8 Å². The minimum atomic E-state index is -0.235. The van der Waals surface area contributed by atoms with Crippen molar-refractivity contribution in [3.8, 4) is 5.75 Å². The Morgan fingerprint density at radius 1 is 1.20 bits per heavy atom. The number of hydrogen-bond donors (Lipinski definition) is 1. The number of aryl methyl sites for hydroxylation is 2. The van der Waals surface area contributed by atoms with Gasteiger partial charge in [-0.3, -0.25) is 9.20 Å². The number of hydrogen-bond acceptors (Lipinski definition) is 5. The summed E-state index contributed by atoms with van der Waals surface area (Å²) in [5, 5.41) is 3.50. The number of Topliss-reactive ketones (excluding diaryl/α,β-unsaturated/α-hetero) is 1. The highest BCUT2D eigenvalue weighted by atomic mass is 16.5. The third-order valence-corrected chi connectivity index (χ3v) is 5.82. The molecule has 30 heavy (non-hydrogen) atoms. The average Bonchev–Trinajstić information content (AvgIpc) is 3.39. The number of benzene rings is 1. The Balaban J connectivity index is 1.41. The Morgan fingerprint density at radius 3 is 2.77 bits per heavy atom. The van der Waals surface area contributed by atoms with Crippen LogP contribution < -0.4 is 10.1 Å². The molecule has 2 unspecified atom stereocenters. The molecule has 0 bridgehead atoms. The van der Waals surface area contributed by atoms with Crippen LogP contribution in [-0.4, -0.2) is 32.8 Å². The van der Waals surface area contributed by atoms with Crippen LogP contribution in [0.1, 0.15) is 72.5 Å². The number of ketones is 1. The van der Waals surface area contributed by atoms with E-state index in [1.807, 2.05) is 36.4 Å². The summed E-state index contributed by atoms with van der Waals surface area (Å²) < 4.78 is 7.68. The van der Waals surface area contributed by atoms with Gasteiger partial charge in [-0.2, -0.15) is 0 Å². The first-order chi connectivity index (χ1) is 14.6. The third-order valence-electron chi connectivity index (χ3n) is 5.82. The van der Waals surface area contributed by atoms with Crippen LogP contribution in [0.4, 0.5) is 0 Å². The first-order valence-corrected chi connectivity index (χ1v) is 10.9. The molecule has 1 fully saturated rings. The fourth-order valence-corrected chi connectivity index (χ4v) is 4.17. The number of imidazole rings is 1. The highest BCUT2D eigenvalue weighted by Crippen LogP contribution is 2.29. The molecule has 0 amide bonds. The Kier molecular flexibility index (Phi) is 6.13. The molecule has 2 atom stereocenters. The van der Waals surface area contributed by atoms with Crippen molar-refractivity contribution in [3.63, 3.8) is 0 Å². The van der Waals surface area contributed by atoms with E-state index in [4.69, 9.17) is 4.74 Å². The van der Waals surface area contributed by atoms with E-state index in [1.54, 1.807) is 6.33 Å². The van der Waals surface area contributed by atoms with Crippen LogP contribution in [0.15, 0.2) is 36.7 Å². The minimum Gasteiger partial charge on any atom is -0.494 e. The van der Waals surface area contributed by atoms with Crippen molar-refractivity contribution < 1.29 is 9.53 Å². The van der Waals surface area contributed by atoms with Crippen LogP contribution in [0.25, 0.3) is 5.65 Å². The van der Waals surface area contributed by atoms with Crippen molar-refractivity contribution in [2.75, 3.05) is 6.61 Å². The number of nitrogens with one attached hydrogen (secondary N) is 1. The van der Waals surface area contributed by atoms with Gasteiger partial charge in [0.15, 0.2) is 11.3 Å². The van der Waals surface area contributed by atoms with Crippen LogP contribution in [0.2, 0.25) is 0 Å². The van der Waals surface area contributed by atoms with Crippen molar-refractivity contribution in [1.82, 2.24) is 19.7 Å². The van der Waals surface area contributed by atoms with Gasteiger partial charge in [-0.25, -0.2) is 9.97 Å². The van der Waals surface area contributed by atoms with Crippen LogP contribution in [0.5, 0.6) is 5.75 Å². The zero-order valence-electron chi connectivity index (χ0n) is 18.0. The summed E-state index contributed by atoms with van der Waals surface area (Å²) in [5.74, 6) is 0.926. The van der Waals surface area contributed by atoms with Crippen LogP contribution in [-0.2, 0) is 0 Å². The number of unbranched alkanes of at least 4 members (excludes halogenated alkanes) is 2. The smallest absolute Gasteiger partial charge is 0.201 e. The topological polar surface area (TPSA) is 68.5 Å². The Labute approximate surface area is 177 Å². The highest BCUT2D eigenvalue weighted by Gasteiger charge is 2.32. The van der Waals surface area contributed by atoms with Crippen LogP contribution in [0.3, 0.4) is 0 Å². The first-order valence-electron chi connectivity index (χ1n) is 10.9. The van der Waals surface area contributed by atoms with E-state index in [1.165, 1.54) is 18.4 Å². The molecular formula is C24H30N4O2. The number of aromatic nitrogens is 3. The van der Waals surface area contributed by atoms with Crippen molar-refractivity contribution in [2.45, 2.75) is 65.0 Å². The van der Waals surface area contributed by atoms with Gasteiger partial charge in [0, 0.05) is 17.4 Å². The minimum absolute atomic E-state index is 0.0216. The zero-order valence-corrected chi connectivity index (χ0v) is 18.0. The Bertz CT molecular complexity index is 1030. The van der Waals surface area contributed by atoms with Crippen molar-refractivity contribution >= 4 is 11.4 Å². The molecule has 6 heteroatoms. The fourth-order valence-electron chi connectivity index (χ4n) is 4.17. The second-order valence-electron chi connectivity index (χ2n) is 8.16. The lowest BCUT2D eigenvalue weighted by atomic mass is 10.0. The highest BCUT2D eigenvalue weighted by molar-refractivity contribution is 6.03. The number of ether oxygens (including phenoxy) is 1. The molecule has 6 nitrogen and oxygen atoms in total. The predicted octanol–water partition coefficient (Wildman–Crippen LogP) is 4.59. The second kappa shape index (κ2) is 8.96. The van der Waals surface area contributed by atoms with Gasteiger partial charge in [-0.1, -0.05) is 31.9 Å². The molecule has 1 saturated heterocycles. The summed E-state index contributed by atoms with van der Waals surface area (Å²) in [6, 6.07) is 10.2. The lowest BCUT2D eigenvalue weighted by Gasteiger charge is -2.14. The summed E-state index contributed by atoms with van der Waals surface area (Å²) in [4.78, 5) is 22.1. The molecule has 1 aromatic carbocycles. The first kappa shape index (κ1) is 20.5. The van der Waals surface area contributed by atoms with Gasteiger partial charge in [0.05, 0.1) is 12.6 Å². The van der Waals surface area contributed by atoms with E-state index < -0.39 is 0 Å². The van der Waals surface area contributed by atoms with Gasteiger partial charge in [-0.15, -0.1) is 0 Å². The van der Waals surface area contributed by atoms with Crippen molar-refractivity contribution in [3.05, 3.63) is 59.3 Å². The number of carbonyl (C=O) groups is 1. The summed E-state index contributed by atoms with van der Waals surface area (Å²) in [5.41, 5.74) is 4.20. The predicted molar refractivity (Wildman–Crippen MR) is 117 cm³/mol. The monoisotopic (exact) mass is 406 g/mol. The van der Waals surface area contributed by atoms with Crippen LogP contribution >= 0.6 is 0 Å². The number of rotatable bonds is 8. The molecule has 3 heterocycles. The zero-order chi connectivity index (χ0) is 21.1. The summed E-state index contributed by atoms with van der Waals surface area (Å²) >= 11 is 0. The molecule has 3 aromatic rings. The second-order valence-corrected chi connectivity index (χ2v) is 8.16. The van der Waals surface area contributed by atoms with Gasteiger partial charge >= 0.3 is 0 Å². The quantitative estimate of drug-likeness (QED) is 0.438. The molecular weight excluding hydrogens is 376 g/mol. The number of fused-ring (bicyclic) bond motifs is 1. The maximum Gasteiger partial charge on any atom is 0.201 e. The molecule has 2 aromatic heterocycles. The standard InChI is InChI=1S/C24H30N4O2/c1-4-5-6-13-30-19-9-7-18(8-10-19)20-11-12-21(27-20)23(29)22-24-26-16(2)14-17(3)28(24)15-25-22/h7-10,14-15,20-21,27H,4-6,11-13H2,1-3H3. The van der Waals surface area contributed by atoms with E-state index >= 15 is 0 Å². The Morgan fingerprint density at radius 2 is 2.00 bits per heavy atom. The van der Waals surface area contributed by atoms with Gasteiger partial charge in [0.2, 0.25) is 5.78 Å². The molecule has 1 aliphatic rings. The molecule has 4 rings (SSSR count). The average molecular weight is 407 g/mol. The van der Waals surface area contributed by atoms with Gasteiger partial charge in [-0.05, 0) is 56.9 Å². The lowest BCUT2D eigenvalue weighted by molar-refractivity contribution is 0.0947. The summed E-state index contributed by atoms with van der Waals surface area (Å²) in [6.45, 7) is 6.89. The summed E-state index contributed by atoms with van der Waals surface area (Å²) in [7, 11) is 0. The number of nitrogens with zero attached hydrogens (tertiary/aromatic N) is 3. The SMILES string of the molecule is CCCCCOc1ccc(C2CCC(C(=O)c3ncn4c(C)cc(C)nc34)N2)cc1. The third kappa shape index (κ3) is 4.24. The molecule has 0 saturated carbocycles. The molecule has 0 spiro atoms. The normalized spacial score (nSPS) is 18.8. The molecule has 0 radical (unpaired) electrons. The Hall–Kier alpha value is -2.73. The van der Waals surface area contributed by atoms with E-state index in [0.717, 1.165) is 43.0 Å². The van der Waals surface area contributed by atoms with E-state index in [2.05, 4.69) is 34.3 Å². The van der Waals surface area contributed by atoms with E-state index in [9.17, 15) is 4.79 Å². The molecule has 0 aliphatic carbocycles. The maximum absolute atomic E-state index is 13.1. The van der Waals surface area contributed by atoms with E-state index in [0.29, 0.717) is 11.3 Å². The van der Waals surface area contributed by atoms with Crippen molar-refractivity contribution in [1.29, 1.82) is 0 Å². The maximum atomic E-state index is 13.1. The van der Waals surface area contributed by atoms with Gasteiger partial charge in [0.25, 0.3) is 0 Å². The molecule has 1 aliphatic heterocycles. The van der Waals surface area contributed by atoms with Gasteiger partial charge < -0.3 is 10.1 Å². The molecule has 158 valence electrons. The number of carbonyl (C=O) groups excluding carboxylic acids is 1. The lowest BCUT2D eigenvalue weighted by Crippen LogP contribution is -2.32. The molecule has 1 N–H and O–H groups in total.